The van der Waals surface area contributed by atoms with Gasteiger partial charge in [0.1, 0.15) is 25.0 Å². The molecule has 2 heterocycles. The fourth-order valence-electron chi connectivity index (χ4n) is 3.43. The minimum absolute atomic E-state index is 0.0181. The molecule has 4 aromatic rings. The summed E-state index contributed by atoms with van der Waals surface area (Å²) in [6.07, 6.45) is 2.26. The Hall–Kier alpha value is -4.87. The molecule has 36 heavy (non-hydrogen) atoms. The van der Waals surface area contributed by atoms with Crippen molar-refractivity contribution in [1.29, 1.82) is 0 Å². The van der Waals surface area contributed by atoms with Gasteiger partial charge in [0.05, 0.1) is 6.42 Å². The topological polar surface area (TPSA) is 165 Å². The molecule has 1 atom stereocenters. The number of alkyl carbamates (subject to hydrolysis) is 1. The van der Waals surface area contributed by atoms with Crippen molar-refractivity contribution in [2.45, 2.75) is 32.0 Å². The molecule has 0 saturated heterocycles. The number of aromatic nitrogens is 6. The van der Waals surface area contributed by atoms with Crippen LogP contribution in [0.3, 0.4) is 0 Å². The molecular weight excluding hydrogens is 466 g/mol. The number of aliphatic carboxylic acids is 1. The zero-order valence-corrected chi connectivity index (χ0v) is 19.1. The minimum atomic E-state index is -1.31. The van der Waals surface area contributed by atoms with Crippen LogP contribution in [0.2, 0.25) is 0 Å². The van der Waals surface area contributed by atoms with Crippen molar-refractivity contribution < 1.29 is 24.2 Å². The summed E-state index contributed by atoms with van der Waals surface area (Å²) in [5, 5.41) is 23.6. The molecule has 2 aromatic carbocycles. The fourth-order valence-corrected chi connectivity index (χ4v) is 3.43. The number of benzene rings is 2. The normalized spacial score (nSPS) is 11.6. The molecule has 12 nitrogen and oxygen atoms in total. The van der Waals surface area contributed by atoms with Crippen molar-refractivity contribution in [3.63, 3.8) is 0 Å². The first kappa shape index (κ1) is 24.3. The second-order valence-corrected chi connectivity index (χ2v) is 7.87. The van der Waals surface area contributed by atoms with E-state index in [1.54, 1.807) is 36.7 Å². The van der Waals surface area contributed by atoms with Crippen molar-refractivity contribution in [3.8, 4) is 11.4 Å². The molecule has 0 aliphatic rings. The molecule has 1 unspecified atom stereocenters. The highest BCUT2D eigenvalue weighted by Gasteiger charge is 2.25. The van der Waals surface area contributed by atoms with Crippen LogP contribution < -0.4 is 5.32 Å². The van der Waals surface area contributed by atoms with Crippen LogP contribution in [0, 0.1) is 0 Å². The van der Waals surface area contributed by atoms with Gasteiger partial charge in [-0.05, 0) is 22.4 Å². The van der Waals surface area contributed by atoms with Gasteiger partial charge >= 0.3 is 12.1 Å². The summed E-state index contributed by atoms with van der Waals surface area (Å²) in [6, 6.07) is 15.3. The maximum absolute atomic E-state index is 12.7. The number of amides is 1. The Bertz CT molecular complexity index is 1320. The smallest absolute Gasteiger partial charge is 0.408 e. The van der Waals surface area contributed by atoms with E-state index in [9.17, 15) is 19.5 Å². The highest BCUT2D eigenvalue weighted by Crippen LogP contribution is 2.17. The molecule has 0 aliphatic heterocycles. The number of rotatable bonds is 11. The van der Waals surface area contributed by atoms with E-state index in [1.807, 2.05) is 30.3 Å². The average molecular weight is 489 g/mol. The second-order valence-electron chi connectivity index (χ2n) is 7.87. The largest absolute Gasteiger partial charge is 0.481 e. The van der Waals surface area contributed by atoms with E-state index in [4.69, 9.17) is 4.74 Å². The third kappa shape index (κ3) is 6.82. The van der Waals surface area contributed by atoms with Gasteiger partial charge in [0.15, 0.2) is 11.6 Å². The summed E-state index contributed by atoms with van der Waals surface area (Å²) in [6.45, 7) is -0.383. The van der Waals surface area contributed by atoms with Crippen molar-refractivity contribution in [2.75, 3.05) is 0 Å². The maximum atomic E-state index is 12.7. The van der Waals surface area contributed by atoms with E-state index in [2.05, 4.69) is 30.7 Å². The number of aromatic amines is 1. The molecule has 0 bridgehead atoms. The maximum Gasteiger partial charge on any atom is 0.408 e. The molecule has 0 fully saturated rings. The van der Waals surface area contributed by atoms with E-state index in [1.165, 1.54) is 0 Å². The number of ketones is 1. The molecule has 1 amide bonds. The Balaban J connectivity index is 1.35. The number of nitrogens with one attached hydrogen (secondary N) is 2. The van der Waals surface area contributed by atoms with E-state index < -0.39 is 30.3 Å². The first-order valence-corrected chi connectivity index (χ1v) is 11.0. The quantitative estimate of drug-likeness (QED) is 0.286. The van der Waals surface area contributed by atoms with Crippen LogP contribution in [0.5, 0.6) is 0 Å². The number of hydrogen-bond acceptors (Lipinski definition) is 8. The number of imidazole rings is 1. The van der Waals surface area contributed by atoms with Gasteiger partial charge in [0.25, 0.3) is 0 Å². The zero-order valence-electron chi connectivity index (χ0n) is 19.1. The lowest BCUT2D eigenvalue weighted by Crippen LogP contribution is -2.44. The van der Waals surface area contributed by atoms with Gasteiger partial charge < -0.3 is 20.1 Å². The van der Waals surface area contributed by atoms with Crippen LogP contribution in [-0.2, 0) is 33.9 Å². The van der Waals surface area contributed by atoms with Crippen LogP contribution in [0.4, 0.5) is 4.79 Å². The molecule has 3 N–H and O–H groups in total. The van der Waals surface area contributed by atoms with E-state index in [-0.39, 0.29) is 13.2 Å². The summed E-state index contributed by atoms with van der Waals surface area (Å²) < 4.78 is 5.10. The van der Waals surface area contributed by atoms with Crippen molar-refractivity contribution in [1.82, 2.24) is 35.5 Å². The number of ether oxygens (including phenoxy) is 1. The van der Waals surface area contributed by atoms with Crippen molar-refractivity contribution >= 4 is 17.8 Å². The summed E-state index contributed by atoms with van der Waals surface area (Å²) in [4.78, 5) is 44.5. The number of carboxylic acid groups (broad SMARTS) is 1. The Morgan fingerprint density at radius 3 is 2.64 bits per heavy atom. The van der Waals surface area contributed by atoms with Gasteiger partial charge in [-0.15, -0.1) is 10.2 Å². The fraction of sp³-hybridized carbons (Fsp3) is 0.208. The van der Waals surface area contributed by atoms with Crippen LogP contribution in [0.15, 0.2) is 67.0 Å². The minimum Gasteiger partial charge on any atom is -0.481 e. The standard InChI is InChI=1S/C24H23N7O5/c32-20(19(13-22(33)34)27-24(35)36-15-16-5-2-1-3-6-16)14-31-29-21(28-30-31)12-17-7-4-8-18(11-17)23-25-9-10-26-23/h1-11,19H,12-15H2,(H,25,26)(H,27,35)(H,33,34). The third-order valence-corrected chi connectivity index (χ3v) is 5.12. The first-order chi connectivity index (χ1) is 17.5. The number of H-pyrrole nitrogens is 1. The monoisotopic (exact) mass is 489 g/mol. The molecule has 12 heteroatoms. The molecule has 4 rings (SSSR count). The van der Waals surface area contributed by atoms with Crippen LogP contribution >= 0.6 is 0 Å². The second kappa shape index (κ2) is 11.5. The summed E-state index contributed by atoms with van der Waals surface area (Å²) in [7, 11) is 0. The number of hydrogen-bond donors (Lipinski definition) is 3. The highest BCUT2D eigenvalue weighted by molar-refractivity contribution is 5.90. The molecule has 0 aliphatic carbocycles. The Morgan fingerprint density at radius 1 is 1.08 bits per heavy atom. The zero-order chi connectivity index (χ0) is 25.3. The summed E-state index contributed by atoms with van der Waals surface area (Å²) in [5.41, 5.74) is 2.57. The molecule has 0 saturated carbocycles. The highest BCUT2D eigenvalue weighted by atomic mass is 16.5. The van der Waals surface area contributed by atoms with Crippen molar-refractivity contribution in [2.24, 2.45) is 0 Å². The SMILES string of the molecule is O=C(O)CC(NC(=O)OCc1ccccc1)C(=O)Cn1nnc(Cc2cccc(-c3ncc[nH]3)c2)n1. The summed E-state index contributed by atoms with van der Waals surface area (Å²) >= 11 is 0. The molecule has 0 spiro atoms. The Kier molecular flexibility index (Phi) is 7.76. The first-order valence-electron chi connectivity index (χ1n) is 11.0. The van der Waals surface area contributed by atoms with Gasteiger partial charge in [-0.3, -0.25) is 9.59 Å². The predicted octanol–water partition coefficient (Wildman–Crippen LogP) is 1.99. The number of carbonyl (C=O) groups excluding carboxylic acids is 2. The number of nitrogens with zero attached hydrogens (tertiary/aromatic N) is 5. The van der Waals surface area contributed by atoms with E-state index in [0.29, 0.717) is 12.2 Å². The lowest BCUT2D eigenvalue weighted by Gasteiger charge is -2.15. The van der Waals surface area contributed by atoms with Gasteiger partial charge in [-0.2, -0.15) is 4.80 Å². The lowest BCUT2D eigenvalue weighted by atomic mass is 10.1. The lowest BCUT2D eigenvalue weighted by molar-refractivity contribution is -0.139. The third-order valence-electron chi connectivity index (χ3n) is 5.12. The molecule has 0 radical (unpaired) electrons. The number of carboxylic acids is 1. The van der Waals surface area contributed by atoms with Crippen LogP contribution in [0.25, 0.3) is 11.4 Å². The Labute approximate surface area is 205 Å². The Morgan fingerprint density at radius 2 is 1.89 bits per heavy atom. The van der Waals surface area contributed by atoms with Gasteiger partial charge in [-0.1, -0.05) is 48.5 Å². The molecule has 184 valence electrons. The van der Waals surface area contributed by atoms with Gasteiger partial charge in [0, 0.05) is 24.4 Å². The van der Waals surface area contributed by atoms with Crippen molar-refractivity contribution in [3.05, 3.63) is 83.9 Å². The predicted molar refractivity (Wildman–Crippen MR) is 125 cm³/mol. The number of carbonyl (C=O) groups is 3. The van der Waals surface area contributed by atoms with Crippen LogP contribution in [0.1, 0.15) is 23.4 Å². The average Bonchev–Trinajstić information content (AvgIpc) is 3.56. The number of Topliss-reactive ketones (excluding diaryl/α,β-unsaturated/α-hetero) is 1. The van der Waals surface area contributed by atoms with Gasteiger partial charge in [0.2, 0.25) is 0 Å². The van der Waals surface area contributed by atoms with Crippen LogP contribution in [-0.4, -0.2) is 59.2 Å². The summed E-state index contributed by atoms with van der Waals surface area (Å²) in [5.74, 6) is -0.735. The number of tetrazole rings is 1. The van der Waals surface area contributed by atoms with E-state index >= 15 is 0 Å². The van der Waals surface area contributed by atoms with E-state index in [0.717, 1.165) is 27.3 Å². The molecular formula is C24H23N7O5. The van der Waals surface area contributed by atoms with Gasteiger partial charge in [-0.25, -0.2) is 9.78 Å². The molecule has 2 aromatic heterocycles.